The number of fused-ring (bicyclic) bond motifs is 3. The predicted octanol–water partition coefficient (Wildman–Crippen LogP) is 8.47. The normalized spacial score (nSPS) is 26.2. The van der Waals surface area contributed by atoms with Crippen molar-refractivity contribution in [2.24, 2.45) is 29.6 Å². The van der Waals surface area contributed by atoms with E-state index in [1.807, 2.05) is 28.0 Å². The van der Waals surface area contributed by atoms with Crippen LogP contribution in [-0.4, -0.2) is 119 Å². The minimum absolute atomic E-state index is 0.0565. The third-order valence-corrected chi connectivity index (χ3v) is 16.3. The zero-order chi connectivity index (χ0) is 47.7. The van der Waals surface area contributed by atoms with Crippen molar-refractivity contribution in [2.75, 3.05) is 40.6 Å². The van der Waals surface area contributed by atoms with Gasteiger partial charge in [-0.05, 0) is 109 Å². The van der Waals surface area contributed by atoms with Crippen molar-refractivity contribution in [3.8, 4) is 33.6 Å². The Bertz CT molecular complexity index is 2790. The molecule has 2 aromatic heterocycles. The molecular weight excluding hydrogens is 924 g/mol. The molecule has 5 aromatic rings. The quantitative estimate of drug-likeness (QED) is 0.0998. The summed E-state index contributed by atoms with van der Waals surface area (Å²) < 4.78 is 21.0. The van der Waals surface area contributed by atoms with Gasteiger partial charge in [-0.2, -0.15) is 0 Å². The average molecular weight is 980 g/mol. The van der Waals surface area contributed by atoms with Gasteiger partial charge < -0.3 is 49.3 Å². The highest BCUT2D eigenvalue weighted by molar-refractivity contribution is 6.32. The van der Waals surface area contributed by atoms with Crippen molar-refractivity contribution in [2.45, 2.75) is 88.1 Å². The van der Waals surface area contributed by atoms with Crippen molar-refractivity contribution in [1.82, 2.24) is 40.4 Å². The Morgan fingerprint density at radius 3 is 1.70 bits per heavy atom. The lowest BCUT2D eigenvalue weighted by molar-refractivity contribution is -0.139. The molecular formula is C51H56Cl2N8O8. The fourth-order valence-electron chi connectivity index (χ4n) is 11.9. The summed E-state index contributed by atoms with van der Waals surface area (Å²) in [6.07, 6.45) is 3.90. The van der Waals surface area contributed by atoms with Crippen LogP contribution in [0.4, 0.5) is 9.59 Å². The van der Waals surface area contributed by atoms with E-state index >= 15 is 0 Å². The third kappa shape index (κ3) is 8.61. The number of aromatic nitrogens is 4. The van der Waals surface area contributed by atoms with E-state index in [4.69, 9.17) is 52.1 Å². The number of nitrogens with one attached hydrogen (secondary N) is 4. The first-order valence-corrected chi connectivity index (χ1v) is 24.9. The molecule has 0 radical (unpaired) electrons. The number of alkyl carbamates (subject to hydrolysis) is 2. The number of ether oxygens (including phenoxy) is 4. The zero-order valence-electron chi connectivity index (χ0n) is 38.7. The number of aromatic amines is 2. The highest BCUT2D eigenvalue weighted by Gasteiger charge is 2.62. The van der Waals surface area contributed by atoms with Crippen LogP contribution in [0.25, 0.3) is 44.4 Å². The van der Waals surface area contributed by atoms with Crippen LogP contribution in [0.2, 0.25) is 10.3 Å². The van der Waals surface area contributed by atoms with Gasteiger partial charge in [-0.25, -0.2) is 19.6 Å². The van der Waals surface area contributed by atoms with Gasteiger partial charge in [0.2, 0.25) is 11.8 Å². The molecule has 9 atom stereocenters. The number of carbonyl (C=O) groups is 4. The molecule has 0 spiro atoms. The summed E-state index contributed by atoms with van der Waals surface area (Å²) in [4.78, 5) is 74.2. The standard InChI is InChI=1S/C51H56Cl2N8O8/c1-25-35-24-38(61(43(25)35)49(63)42(57-51(65)67-3)29-14-18-69-19-15-29)47-55-40(45(53)59-47)33-11-10-31-20-30(8-9-32(31)21-33)26-4-6-27(7-5-26)39-44(52)58-46(54-39)37-23-34-22-36(34)60(37)48(62)41(56-50(64)66-2)28-12-16-68-17-13-28/h4-11,20-21,25,28-29,34-38,41-43H,12-19,22-24H2,1-3H3,(H,54,58)(H,55,59)(H,56,64)(H,57,65)/t25-,34-,35?,36-,37+,38+,41+,42?,43?/m1/s1. The molecule has 2 saturated carbocycles. The number of methoxy groups -OCH3 is 2. The molecule has 2 aliphatic carbocycles. The molecule has 16 nitrogen and oxygen atoms in total. The third-order valence-electron chi connectivity index (χ3n) is 15.8. The van der Waals surface area contributed by atoms with Gasteiger partial charge in [0, 0.05) is 49.6 Å². The van der Waals surface area contributed by atoms with Crippen molar-refractivity contribution in [3.05, 3.63) is 82.6 Å². The number of amides is 4. The highest BCUT2D eigenvalue weighted by atomic mass is 35.5. The number of hydrogen-bond acceptors (Lipinski definition) is 10. The first-order valence-electron chi connectivity index (χ1n) is 24.1. The van der Waals surface area contributed by atoms with Gasteiger partial charge in [-0.3, -0.25) is 9.59 Å². The van der Waals surface area contributed by atoms with Crippen LogP contribution >= 0.6 is 23.2 Å². The summed E-state index contributed by atoms with van der Waals surface area (Å²) in [5.41, 5.74) is 4.97. The molecule has 4 aliphatic heterocycles. The SMILES string of the molecule is COC(=O)NC(C(=O)N1C2C(C[C@H]1c1nc(-c3ccc4cc(-c5ccc(-c6nc([C@@H]7C[C@H]8C[C@H]8N7C(=O)[C@@H](NC(=O)OC)C7CCOCC7)[nH]c6Cl)cc5)ccc4c3)c(Cl)[nH]1)[C@H]2C)C1CCOCC1. The molecule has 3 aromatic carbocycles. The summed E-state index contributed by atoms with van der Waals surface area (Å²) in [7, 11) is 2.62. The summed E-state index contributed by atoms with van der Waals surface area (Å²) in [5, 5.41) is 8.56. The van der Waals surface area contributed by atoms with Gasteiger partial charge in [-0.1, -0.05) is 78.7 Å². The Labute approximate surface area is 409 Å². The van der Waals surface area contributed by atoms with Gasteiger partial charge >= 0.3 is 12.2 Å². The molecule has 69 heavy (non-hydrogen) atoms. The van der Waals surface area contributed by atoms with E-state index in [1.54, 1.807) is 0 Å². The molecule has 4 amide bonds. The highest BCUT2D eigenvalue weighted by Crippen LogP contribution is 2.58. The van der Waals surface area contributed by atoms with Gasteiger partial charge in [-0.15, -0.1) is 0 Å². The minimum Gasteiger partial charge on any atom is -0.453 e. The number of halogens is 2. The molecule has 362 valence electrons. The van der Waals surface area contributed by atoms with Gasteiger partial charge in [0.15, 0.2) is 0 Å². The second-order valence-corrected chi connectivity index (χ2v) is 20.4. The summed E-state index contributed by atoms with van der Waals surface area (Å²) in [6.45, 7) is 4.33. The van der Waals surface area contributed by atoms with E-state index in [0.717, 1.165) is 52.3 Å². The topological polar surface area (TPSA) is 193 Å². The lowest BCUT2D eigenvalue weighted by atomic mass is 9.90. The average Bonchev–Trinajstić information content (AvgIpc) is 3.90. The second kappa shape index (κ2) is 18.6. The van der Waals surface area contributed by atoms with Gasteiger partial charge in [0.25, 0.3) is 0 Å². The predicted molar refractivity (Wildman–Crippen MR) is 257 cm³/mol. The van der Waals surface area contributed by atoms with E-state index in [1.165, 1.54) is 14.2 Å². The van der Waals surface area contributed by atoms with Crippen molar-refractivity contribution < 1.29 is 38.1 Å². The maximum atomic E-state index is 14.5. The molecule has 18 heteroatoms. The molecule has 6 fully saturated rings. The minimum atomic E-state index is -0.730. The maximum absolute atomic E-state index is 14.5. The fraction of sp³-hybridized carbons (Fsp3) is 0.490. The lowest BCUT2D eigenvalue weighted by Gasteiger charge is -2.35. The number of piperidine rings is 2. The number of imidazole rings is 2. The number of benzene rings is 3. The largest absolute Gasteiger partial charge is 0.453 e. The summed E-state index contributed by atoms with van der Waals surface area (Å²) >= 11 is 13.8. The van der Waals surface area contributed by atoms with Crippen molar-refractivity contribution in [3.63, 3.8) is 0 Å². The maximum Gasteiger partial charge on any atom is 0.407 e. The van der Waals surface area contributed by atoms with Crippen LogP contribution in [0.15, 0.2) is 60.7 Å². The van der Waals surface area contributed by atoms with Crippen LogP contribution in [0.1, 0.15) is 75.6 Å². The van der Waals surface area contributed by atoms with Crippen LogP contribution in [-0.2, 0) is 28.5 Å². The van der Waals surface area contributed by atoms with Crippen LogP contribution in [0, 0.1) is 29.6 Å². The van der Waals surface area contributed by atoms with Gasteiger partial charge in [0.05, 0.1) is 26.3 Å². The molecule has 3 unspecified atom stereocenters. The number of likely N-dealkylation sites (tertiary alicyclic amines) is 2. The number of carbonyl (C=O) groups excluding carboxylic acids is 4. The zero-order valence-corrected chi connectivity index (χ0v) is 40.2. The molecule has 6 heterocycles. The summed E-state index contributed by atoms with van der Waals surface area (Å²) in [6, 6.07) is 18.7. The smallest absolute Gasteiger partial charge is 0.407 e. The molecule has 0 bridgehead atoms. The molecule has 4 saturated heterocycles. The van der Waals surface area contributed by atoms with Crippen LogP contribution < -0.4 is 10.6 Å². The first-order chi connectivity index (χ1) is 33.5. The van der Waals surface area contributed by atoms with Crippen LogP contribution in [0.3, 0.4) is 0 Å². The first kappa shape index (κ1) is 45.7. The number of H-pyrrole nitrogens is 2. The number of hydrogen-bond donors (Lipinski definition) is 4. The fourth-order valence-corrected chi connectivity index (χ4v) is 12.4. The van der Waals surface area contributed by atoms with Crippen molar-refractivity contribution >= 4 is 58.0 Å². The van der Waals surface area contributed by atoms with E-state index in [9.17, 15) is 19.2 Å². The number of nitrogens with zero attached hydrogens (tertiary/aromatic N) is 4. The second-order valence-electron chi connectivity index (χ2n) is 19.6. The number of rotatable bonds is 11. The molecule has 6 aliphatic rings. The Morgan fingerprint density at radius 2 is 1.13 bits per heavy atom. The Morgan fingerprint density at radius 1 is 0.652 bits per heavy atom. The Kier molecular flexibility index (Phi) is 12.3. The lowest BCUT2D eigenvalue weighted by Crippen LogP contribution is -2.54. The Hall–Kier alpha value is -5.68. The monoisotopic (exact) mass is 978 g/mol. The molecule has 4 N–H and O–H groups in total. The van der Waals surface area contributed by atoms with Crippen LogP contribution in [0.5, 0.6) is 0 Å². The van der Waals surface area contributed by atoms with Gasteiger partial charge in [0.1, 0.15) is 45.4 Å². The Balaban J connectivity index is 0.793. The van der Waals surface area contributed by atoms with Crippen molar-refractivity contribution in [1.29, 1.82) is 0 Å². The summed E-state index contributed by atoms with van der Waals surface area (Å²) in [5.74, 6) is 1.99. The molecule has 11 rings (SSSR count). The van der Waals surface area contributed by atoms with E-state index < -0.39 is 24.3 Å². The van der Waals surface area contributed by atoms with E-state index in [2.05, 4.69) is 70.0 Å². The van der Waals surface area contributed by atoms with E-state index in [-0.39, 0.29) is 47.8 Å². The van der Waals surface area contributed by atoms with E-state index in [0.29, 0.717) is 103 Å².